The fourth-order valence-electron chi connectivity index (χ4n) is 5.09. The van der Waals surface area contributed by atoms with Crippen molar-refractivity contribution in [1.29, 1.82) is 0 Å². The number of nitrogens with one attached hydrogen (secondary N) is 3. The Bertz CT molecular complexity index is 728. The van der Waals surface area contributed by atoms with Crippen molar-refractivity contribution in [2.24, 2.45) is 5.92 Å². The molecule has 0 spiro atoms. The summed E-state index contributed by atoms with van der Waals surface area (Å²) in [6.07, 6.45) is 6.14. The Hall–Kier alpha value is -1.81. The second kappa shape index (κ2) is 12.1. The van der Waals surface area contributed by atoms with E-state index in [0.29, 0.717) is 12.8 Å². The van der Waals surface area contributed by atoms with E-state index in [9.17, 15) is 24.3 Å². The van der Waals surface area contributed by atoms with Gasteiger partial charge in [0.05, 0.1) is 6.10 Å². The maximum absolute atomic E-state index is 13.0. The van der Waals surface area contributed by atoms with Crippen molar-refractivity contribution in [3.63, 3.8) is 0 Å². The summed E-state index contributed by atoms with van der Waals surface area (Å²) in [7, 11) is 0. The number of aliphatic hydroxyl groups is 1. The largest absolute Gasteiger partial charge is 0.391 e. The van der Waals surface area contributed by atoms with Gasteiger partial charge in [-0.05, 0) is 57.1 Å². The van der Waals surface area contributed by atoms with Crippen LogP contribution in [0.5, 0.6) is 0 Å². The molecule has 0 radical (unpaired) electrons. The lowest BCUT2D eigenvalue weighted by Crippen LogP contribution is -2.56. The SMILES string of the molecule is C[C@H]1NC(=O)[C@@H]2C[C@H](O)CN2C(=O)CC2CCC(CC2)NC(=O)[C@H](CCCCCS)NC1=O. The minimum Gasteiger partial charge on any atom is -0.391 e. The highest BCUT2D eigenvalue weighted by atomic mass is 32.1. The molecular formula is C23H38N4O5S. The van der Waals surface area contributed by atoms with E-state index < -0.39 is 36.0 Å². The Labute approximate surface area is 201 Å². The van der Waals surface area contributed by atoms with Crippen molar-refractivity contribution in [3.8, 4) is 0 Å². The van der Waals surface area contributed by atoms with Crippen LogP contribution in [-0.4, -0.2) is 76.2 Å². The van der Waals surface area contributed by atoms with Crippen LogP contribution in [0.3, 0.4) is 0 Å². The van der Waals surface area contributed by atoms with E-state index in [2.05, 4.69) is 28.6 Å². The third-order valence-corrected chi connectivity index (χ3v) is 7.41. The summed E-state index contributed by atoms with van der Waals surface area (Å²) in [6.45, 7) is 1.70. The molecule has 3 heterocycles. The van der Waals surface area contributed by atoms with Gasteiger partial charge in [0.15, 0.2) is 0 Å². The van der Waals surface area contributed by atoms with Crippen LogP contribution in [0.15, 0.2) is 0 Å². The maximum Gasteiger partial charge on any atom is 0.243 e. The number of nitrogens with zero attached hydrogens (tertiary/aromatic N) is 1. The molecule has 4 rings (SSSR count). The average molecular weight is 483 g/mol. The maximum atomic E-state index is 13.0. The van der Waals surface area contributed by atoms with Crippen molar-refractivity contribution in [1.82, 2.24) is 20.9 Å². The van der Waals surface area contributed by atoms with Gasteiger partial charge in [0.25, 0.3) is 0 Å². The molecule has 33 heavy (non-hydrogen) atoms. The number of hydrogen-bond donors (Lipinski definition) is 5. The number of amides is 4. The number of unbranched alkanes of at least 4 members (excludes halogenated alkanes) is 2. The molecule has 1 aliphatic carbocycles. The van der Waals surface area contributed by atoms with Gasteiger partial charge in [-0.2, -0.15) is 12.6 Å². The van der Waals surface area contributed by atoms with Crippen LogP contribution >= 0.6 is 12.6 Å². The monoisotopic (exact) mass is 482 g/mol. The zero-order chi connectivity index (χ0) is 24.0. The molecule has 4 fully saturated rings. The van der Waals surface area contributed by atoms with Gasteiger partial charge in [0.1, 0.15) is 18.1 Å². The first-order chi connectivity index (χ1) is 15.8. The van der Waals surface area contributed by atoms with E-state index >= 15 is 0 Å². The Morgan fingerprint density at radius 3 is 2.36 bits per heavy atom. The summed E-state index contributed by atoms with van der Waals surface area (Å²) < 4.78 is 0. The minimum absolute atomic E-state index is 0.0343. The molecule has 4 atom stereocenters. The van der Waals surface area contributed by atoms with Gasteiger partial charge in [-0.25, -0.2) is 0 Å². The summed E-state index contributed by atoms with van der Waals surface area (Å²) in [6, 6.07) is -2.28. The number of carbonyl (C=O) groups is 4. The standard InChI is InChI=1S/C23H38N4O5S/c1-14-21(30)26-18(5-3-2-4-10-33)22(31)25-16-8-6-15(7-9-16)11-20(29)27-13-17(28)12-19(27)23(32)24-14/h14-19,28,33H,2-13H2,1H3,(H,24,32)(H,25,31)(H,26,30)/t14-,15?,16?,17+,18+,19+/m1/s1. The highest BCUT2D eigenvalue weighted by Gasteiger charge is 2.40. The molecule has 3 saturated heterocycles. The normalized spacial score (nSPS) is 34.0. The zero-order valence-electron chi connectivity index (χ0n) is 19.4. The molecule has 9 nitrogen and oxygen atoms in total. The summed E-state index contributed by atoms with van der Waals surface area (Å²) in [5.41, 5.74) is 0. The smallest absolute Gasteiger partial charge is 0.243 e. The average Bonchev–Trinajstić information content (AvgIpc) is 3.18. The van der Waals surface area contributed by atoms with Crippen LogP contribution in [0.2, 0.25) is 0 Å². The third kappa shape index (κ3) is 7.09. The number of aliphatic hydroxyl groups excluding tert-OH is 1. The number of hydrogen-bond acceptors (Lipinski definition) is 6. The van der Waals surface area contributed by atoms with E-state index in [4.69, 9.17) is 0 Å². The molecule has 186 valence electrons. The van der Waals surface area contributed by atoms with Crippen molar-refractivity contribution in [3.05, 3.63) is 0 Å². The van der Waals surface area contributed by atoms with Crippen LogP contribution in [-0.2, 0) is 19.2 Å². The number of thiol groups is 1. The van der Waals surface area contributed by atoms with E-state index in [1.54, 1.807) is 6.92 Å². The molecule has 0 aromatic heterocycles. The van der Waals surface area contributed by atoms with Crippen LogP contribution in [0, 0.1) is 5.92 Å². The fraction of sp³-hybridized carbons (Fsp3) is 0.826. The fourth-order valence-corrected chi connectivity index (χ4v) is 5.32. The van der Waals surface area contributed by atoms with Gasteiger partial charge in [-0.3, -0.25) is 19.2 Å². The van der Waals surface area contributed by atoms with Gasteiger partial charge >= 0.3 is 0 Å². The molecule has 4 amide bonds. The lowest BCUT2D eigenvalue weighted by molar-refractivity contribution is -0.140. The van der Waals surface area contributed by atoms with Crippen LogP contribution in [0.25, 0.3) is 0 Å². The number of rotatable bonds is 5. The molecule has 0 aromatic rings. The lowest BCUT2D eigenvalue weighted by Gasteiger charge is -2.32. The second-order valence-electron chi connectivity index (χ2n) is 9.75. The Morgan fingerprint density at radius 1 is 0.939 bits per heavy atom. The zero-order valence-corrected chi connectivity index (χ0v) is 20.3. The molecule has 2 bridgehead atoms. The van der Waals surface area contributed by atoms with Gasteiger partial charge in [-0.15, -0.1) is 0 Å². The summed E-state index contributed by atoms with van der Waals surface area (Å²) in [5.74, 6) is -0.229. The summed E-state index contributed by atoms with van der Waals surface area (Å²) >= 11 is 4.22. The number of fused-ring (bicyclic) bond motifs is 10. The first-order valence-corrected chi connectivity index (χ1v) is 12.9. The minimum atomic E-state index is -0.871. The van der Waals surface area contributed by atoms with Crippen LogP contribution < -0.4 is 16.0 Å². The number of carbonyl (C=O) groups excluding carboxylic acids is 4. The molecule has 4 aliphatic rings. The molecule has 1 saturated carbocycles. The predicted octanol–water partition coefficient (Wildman–Crippen LogP) is 0.507. The Kier molecular flexibility index (Phi) is 9.43. The van der Waals surface area contributed by atoms with Crippen molar-refractivity contribution in [2.75, 3.05) is 12.3 Å². The van der Waals surface area contributed by atoms with E-state index in [0.717, 1.165) is 50.7 Å². The Balaban J connectivity index is 1.76. The highest BCUT2D eigenvalue weighted by Crippen LogP contribution is 2.29. The molecule has 4 N–H and O–H groups in total. The van der Waals surface area contributed by atoms with Gasteiger partial charge in [0, 0.05) is 25.4 Å². The molecule has 10 heteroatoms. The van der Waals surface area contributed by atoms with E-state index in [-0.39, 0.29) is 36.7 Å². The first-order valence-electron chi connectivity index (χ1n) is 12.3. The second-order valence-corrected chi connectivity index (χ2v) is 10.2. The van der Waals surface area contributed by atoms with Crippen LogP contribution in [0.1, 0.15) is 71.1 Å². The van der Waals surface area contributed by atoms with E-state index in [1.165, 1.54) is 4.90 Å². The lowest BCUT2D eigenvalue weighted by atomic mass is 9.83. The van der Waals surface area contributed by atoms with Crippen LogP contribution in [0.4, 0.5) is 0 Å². The molecular weight excluding hydrogens is 444 g/mol. The predicted molar refractivity (Wildman–Crippen MR) is 126 cm³/mol. The van der Waals surface area contributed by atoms with Gasteiger partial charge < -0.3 is 26.0 Å². The van der Waals surface area contributed by atoms with Gasteiger partial charge in [-0.1, -0.05) is 12.8 Å². The van der Waals surface area contributed by atoms with Gasteiger partial charge in [0.2, 0.25) is 23.6 Å². The quantitative estimate of drug-likeness (QED) is 0.222. The van der Waals surface area contributed by atoms with Crippen molar-refractivity contribution < 1.29 is 24.3 Å². The molecule has 0 unspecified atom stereocenters. The third-order valence-electron chi connectivity index (χ3n) is 7.09. The van der Waals surface area contributed by atoms with Crippen molar-refractivity contribution >= 4 is 36.3 Å². The molecule has 3 aliphatic heterocycles. The Morgan fingerprint density at radius 2 is 1.67 bits per heavy atom. The highest BCUT2D eigenvalue weighted by molar-refractivity contribution is 7.80. The van der Waals surface area contributed by atoms with E-state index in [1.807, 2.05) is 0 Å². The molecule has 0 aromatic carbocycles. The topological polar surface area (TPSA) is 128 Å². The van der Waals surface area contributed by atoms with Crippen molar-refractivity contribution in [2.45, 2.75) is 101 Å². The first kappa shape index (κ1) is 25.8. The summed E-state index contributed by atoms with van der Waals surface area (Å²) in [5, 5.41) is 18.7. The summed E-state index contributed by atoms with van der Waals surface area (Å²) in [4.78, 5) is 53.1.